The van der Waals surface area contributed by atoms with Gasteiger partial charge in [0.2, 0.25) is 0 Å². The maximum absolute atomic E-state index is 8.36. The van der Waals surface area contributed by atoms with Crippen molar-refractivity contribution in [3.63, 3.8) is 0 Å². The molecule has 64 valence electrons. The summed E-state index contributed by atoms with van der Waals surface area (Å²) in [6.07, 6.45) is 0. The second kappa shape index (κ2) is 3.78. The topological polar surface area (TPSA) is 58.6 Å². The molecule has 0 atom stereocenters. The fraction of sp³-hybridized carbons (Fsp3) is 0. The van der Waals surface area contributed by atoms with Crippen LogP contribution in [-0.2, 0) is 0 Å². The Hall–Kier alpha value is -0.740. The van der Waals surface area contributed by atoms with Gasteiger partial charge in [0.25, 0.3) is 0 Å². The fourth-order valence-electron chi connectivity index (χ4n) is 0.713. The van der Waals surface area contributed by atoms with Gasteiger partial charge in [-0.1, -0.05) is 16.8 Å². The molecule has 0 aliphatic heterocycles. The Kier molecular flexibility index (Phi) is 2.94. The standard InChI is InChI=1S/C7H6BrClN2O/c8-5-2-1-4(3-6(5)9)7(10)11-12/h1-3,12H,(H2,10,11). The van der Waals surface area contributed by atoms with Gasteiger partial charge < -0.3 is 10.9 Å². The van der Waals surface area contributed by atoms with E-state index in [1.807, 2.05) is 0 Å². The van der Waals surface area contributed by atoms with Gasteiger partial charge in [0.15, 0.2) is 5.84 Å². The Morgan fingerprint density at radius 3 is 2.75 bits per heavy atom. The predicted molar refractivity (Wildman–Crippen MR) is 51.7 cm³/mol. The Balaban J connectivity index is 3.13. The van der Waals surface area contributed by atoms with E-state index in [1.54, 1.807) is 18.2 Å². The number of oxime groups is 1. The Morgan fingerprint density at radius 1 is 1.58 bits per heavy atom. The molecule has 1 rings (SSSR count). The number of amidine groups is 1. The van der Waals surface area contributed by atoms with E-state index in [2.05, 4.69) is 21.1 Å². The largest absolute Gasteiger partial charge is 0.409 e. The minimum absolute atomic E-state index is 0.0457. The van der Waals surface area contributed by atoms with Gasteiger partial charge in [0.05, 0.1) is 5.02 Å². The molecule has 0 bridgehead atoms. The molecule has 3 N–H and O–H groups in total. The molecule has 1 aromatic rings. The molecule has 0 unspecified atom stereocenters. The Bertz CT molecular complexity index is 327. The van der Waals surface area contributed by atoms with Crippen LogP contribution in [0.3, 0.4) is 0 Å². The first-order valence-electron chi connectivity index (χ1n) is 3.08. The lowest BCUT2D eigenvalue weighted by Gasteiger charge is -1.99. The third-order valence-corrected chi connectivity index (χ3v) is 2.56. The number of nitrogens with zero attached hydrogens (tertiary/aromatic N) is 1. The van der Waals surface area contributed by atoms with Crippen LogP contribution in [0.2, 0.25) is 5.02 Å². The molecule has 1 aromatic carbocycles. The molecule has 0 aliphatic rings. The van der Waals surface area contributed by atoms with E-state index < -0.39 is 0 Å². The molecule has 5 heteroatoms. The highest BCUT2D eigenvalue weighted by atomic mass is 79.9. The fourth-order valence-corrected chi connectivity index (χ4v) is 1.14. The first-order chi connectivity index (χ1) is 5.65. The summed E-state index contributed by atoms with van der Waals surface area (Å²) >= 11 is 9.00. The first-order valence-corrected chi connectivity index (χ1v) is 4.25. The van der Waals surface area contributed by atoms with Crippen molar-refractivity contribution in [3.05, 3.63) is 33.3 Å². The van der Waals surface area contributed by atoms with Crippen LogP contribution in [0.4, 0.5) is 0 Å². The molecular formula is C7H6BrClN2O. The quantitative estimate of drug-likeness (QED) is 0.347. The number of rotatable bonds is 1. The zero-order chi connectivity index (χ0) is 9.14. The lowest BCUT2D eigenvalue weighted by atomic mass is 10.2. The van der Waals surface area contributed by atoms with Crippen LogP contribution in [0.15, 0.2) is 27.8 Å². The van der Waals surface area contributed by atoms with E-state index in [9.17, 15) is 0 Å². The van der Waals surface area contributed by atoms with E-state index in [1.165, 1.54) is 0 Å². The van der Waals surface area contributed by atoms with Gasteiger partial charge in [-0.15, -0.1) is 0 Å². The van der Waals surface area contributed by atoms with Gasteiger partial charge in [0.1, 0.15) is 0 Å². The zero-order valence-corrected chi connectivity index (χ0v) is 8.30. The van der Waals surface area contributed by atoms with Gasteiger partial charge in [0, 0.05) is 10.0 Å². The van der Waals surface area contributed by atoms with E-state index in [0.29, 0.717) is 10.6 Å². The smallest absolute Gasteiger partial charge is 0.170 e. The average Bonchev–Trinajstić information content (AvgIpc) is 2.08. The second-order valence-corrected chi connectivity index (χ2v) is 3.38. The average molecular weight is 249 g/mol. The molecule has 0 aromatic heterocycles. The molecule has 0 saturated carbocycles. The summed E-state index contributed by atoms with van der Waals surface area (Å²) in [7, 11) is 0. The number of hydrogen-bond acceptors (Lipinski definition) is 2. The molecule has 0 saturated heterocycles. The van der Waals surface area contributed by atoms with Crippen molar-refractivity contribution >= 4 is 33.4 Å². The monoisotopic (exact) mass is 248 g/mol. The molecule has 3 nitrogen and oxygen atoms in total. The Morgan fingerprint density at radius 2 is 2.25 bits per heavy atom. The van der Waals surface area contributed by atoms with Crippen LogP contribution in [-0.4, -0.2) is 11.0 Å². The number of hydrogen-bond donors (Lipinski definition) is 2. The van der Waals surface area contributed by atoms with Crippen LogP contribution in [0.25, 0.3) is 0 Å². The highest BCUT2D eigenvalue weighted by Gasteiger charge is 2.01. The second-order valence-electron chi connectivity index (χ2n) is 2.11. The zero-order valence-electron chi connectivity index (χ0n) is 5.96. The van der Waals surface area contributed by atoms with E-state index in [0.717, 1.165) is 4.47 Å². The maximum atomic E-state index is 8.36. The maximum Gasteiger partial charge on any atom is 0.170 e. The highest BCUT2D eigenvalue weighted by molar-refractivity contribution is 9.10. The van der Waals surface area contributed by atoms with Crippen LogP contribution >= 0.6 is 27.5 Å². The minimum Gasteiger partial charge on any atom is -0.409 e. The summed E-state index contributed by atoms with van der Waals surface area (Å²) in [5.74, 6) is 0.0457. The normalized spacial score (nSPS) is 11.7. The molecule has 0 spiro atoms. The number of benzene rings is 1. The molecule has 0 aliphatic carbocycles. The predicted octanol–water partition coefficient (Wildman–Crippen LogP) is 2.20. The summed E-state index contributed by atoms with van der Waals surface area (Å²) in [5, 5.41) is 11.7. The van der Waals surface area contributed by atoms with Crippen molar-refractivity contribution in [2.75, 3.05) is 0 Å². The van der Waals surface area contributed by atoms with Gasteiger partial charge in [-0.05, 0) is 34.1 Å². The van der Waals surface area contributed by atoms with E-state index in [4.69, 9.17) is 22.5 Å². The third-order valence-electron chi connectivity index (χ3n) is 1.32. The van der Waals surface area contributed by atoms with E-state index >= 15 is 0 Å². The van der Waals surface area contributed by atoms with Crippen molar-refractivity contribution in [1.29, 1.82) is 0 Å². The molecule has 0 radical (unpaired) electrons. The summed E-state index contributed by atoms with van der Waals surface area (Å²) in [4.78, 5) is 0. The molecule has 0 fully saturated rings. The van der Waals surface area contributed by atoms with Crippen molar-refractivity contribution in [2.45, 2.75) is 0 Å². The summed E-state index contributed by atoms with van der Waals surface area (Å²) in [6, 6.07) is 5.04. The van der Waals surface area contributed by atoms with Crippen molar-refractivity contribution < 1.29 is 5.21 Å². The number of halogens is 2. The third kappa shape index (κ3) is 1.89. The Labute approximate surface area is 83.0 Å². The first kappa shape index (κ1) is 9.35. The lowest BCUT2D eigenvalue weighted by molar-refractivity contribution is 0.318. The molecule has 0 amide bonds. The van der Waals surface area contributed by atoms with Crippen LogP contribution in [0, 0.1) is 0 Å². The minimum atomic E-state index is 0.0457. The van der Waals surface area contributed by atoms with Gasteiger partial charge in [-0.2, -0.15) is 0 Å². The van der Waals surface area contributed by atoms with Crippen molar-refractivity contribution in [1.82, 2.24) is 0 Å². The van der Waals surface area contributed by atoms with Gasteiger partial charge in [-0.3, -0.25) is 0 Å². The highest BCUT2D eigenvalue weighted by Crippen LogP contribution is 2.22. The van der Waals surface area contributed by atoms with E-state index in [-0.39, 0.29) is 5.84 Å². The van der Waals surface area contributed by atoms with Gasteiger partial charge >= 0.3 is 0 Å². The molecular weight excluding hydrogens is 243 g/mol. The van der Waals surface area contributed by atoms with Crippen LogP contribution in [0.5, 0.6) is 0 Å². The van der Waals surface area contributed by atoms with Gasteiger partial charge in [-0.25, -0.2) is 0 Å². The lowest BCUT2D eigenvalue weighted by Crippen LogP contribution is -2.12. The number of nitrogens with two attached hydrogens (primary N) is 1. The van der Waals surface area contributed by atoms with Crippen LogP contribution in [0.1, 0.15) is 5.56 Å². The van der Waals surface area contributed by atoms with Crippen molar-refractivity contribution in [2.24, 2.45) is 10.9 Å². The summed E-state index contributed by atoms with van der Waals surface area (Å²) < 4.78 is 0.777. The molecule has 0 heterocycles. The molecule has 12 heavy (non-hydrogen) atoms. The summed E-state index contributed by atoms with van der Waals surface area (Å²) in [6.45, 7) is 0. The SMILES string of the molecule is N/C(=N/O)c1ccc(Br)c(Cl)c1. The summed E-state index contributed by atoms with van der Waals surface area (Å²) in [5.41, 5.74) is 5.93. The van der Waals surface area contributed by atoms with Crippen molar-refractivity contribution in [3.8, 4) is 0 Å². The van der Waals surface area contributed by atoms with Crippen LogP contribution < -0.4 is 5.73 Å².